The smallest absolute Gasteiger partial charge is 0.146 e. The molecular weight excluding hydrogens is 369 g/mol. The van der Waals surface area contributed by atoms with E-state index in [4.69, 9.17) is 0 Å². The zero-order chi connectivity index (χ0) is 19.5. The lowest BCUT2D eigenvalue weighted by atomic mass is 10.0. The lowest BCUT2D eigenvalue weighted by Gasteiger charge is -2.05. The lowest BCUT2D eigenvalue weighted by molar-refractivity contribution is 0.631. The molecule has 0 spiro atoms. The second-order valence-electron chi connectivity index (χ2n) is 6.36. The molecule has 5 heteroatoms. The highest BCUT2D eigenvalue weighted by atomic mass is 32.1. The van der Waals surface area contributed by atoms with Crippen molar-refractivity contribution in [3.8, 4) is 17.3 Å². The minimum atomic E-state index is -0.366. The Kier molecular flexibility index (Phi) is 4.88. The number of rotatable bonds is 4. The number of fused-ring (bicyclic) bond motifs is 1. The highest BCUT2D eigenvalue weighted by Crippen LogP contribution is 2.31. The molecule has 3 nitrogen and oxygen atoms in total. The molecule has 136 valence electrons. The molecule has 1 N–H and O–H groups in total. The maximum atomic E-state index is 13.9. The van der Waals surface area contributed by atoms with E-state index in [9.17, 15) is 9.65 Å². The van der Waals surface area contributed by atoms with Crippen LogP contribution in [-0.2, 0) is 0 Å². The van der Waals surface area contributed by atoms with E-state index in [1.165, 1.54) is 23.6 Å². The van der Waals surface area contributed by atoms with Crippen molar-refractivity contribution >= 4 is 33.4 Å². The Balaban J connectivity index is 1.67. The maximum Gasteiger partial charge on any atom is 0.146 e. The van der Waals surface area contributed by atoms with E-state index < -0.39 is 0 Å². The Labute approximate surface area is 166 Å². The fourth-order valence-electron chi connectivity index (χ4n) is 3.01. The fraction of sp³-hybridized carbons (Fsp3) is 0.0435. The van der Waals surface area contributed by atoms with Gasteiger partial charge in [0.05, 0.1) is 11.4 Å². The predicted octanol–water partition coefficient (Wildman–Crippen LogP) is 6.39. The standard InChI is InChI=1S/C23H16FN3S/c1-15-9-10-20(24)21(11-15)26-13-17(12-25)23-27-22(14-28-23)19-8-4-6-16-5-2-3-7-18(16)19/h2-11,13-14,26H,1H3/b17-13+. The van der Waals surface area contributed by atoms with Gasteiger partial charge in [-0.25, -0.2) is 9.37 Å². The summed E-state index contributed by atoms with van der Waals surface area (Å²) >= 11 is 1.39. The first kappa shape index (κ1) is 17.9. The summed E-state index contributed by atoms with van der Waals surface area (Å²) in [6.07, 6.45) is 1.50. The fourth-order valence-corrected chi connectivity index (χ4v) is 3.80. The molecule has 28 heavy (non-hydrogen) atoms. The van der Waals surface area contributed by atoms with Crippen molar-refractivity contribution in [3.05, 3.63) is 88.6 Å². The van der Waals surface area contributed by atoms with Crippen LogP contribution in [0.2, 0.25) is 0 Å². The summed E-state index contributed by atoms with van der Waals surface area (Å²) in [4.78, 5) is 4.65. The van der Waals surface area contributed by atoms with Gasteiger partial charge >= 0.3 is 0 Å². The molecule has 0 saturated carbocycles. The van der Waals surface area contributed by atoms with Gasteiger partial charge in [0, 0.05) is 17.1 Å². The van der Waals surface area contributed by atoms with Crippen molar-refractivity contribution in [1.82, 2.24) is 4.98 Å². The van der Waals surface area contributed by atoms with Crippen LogP contribution in [0.15, 0.2) is 72.2 Å². The summed E-state index contributed by atoms with van der Waals surface area (Å²) in [6.45, 7) is 1.89. The minimum Gasteiger partial charge on any atom is -0.358 e. The van der Waals surface area contributed by atoms with Gasteiger partial charge in [-0.05, 0) is 35.4 Å². The quantitative estimate of drug-likeness (QED) is 0.414. The van der Waals surface area contributed by atoms with Gasteiger partial charge in [0.1, 0.15) is 22.5 Å². The Morgan fingerprint density at radius 1 is 1.14 bits per heavy atom. The molecule has 1 aromatic heterocycles. The van der Waals surface area contributed by atoms with E-state index in [0.29, 0.717) is 16.3 Å². The number of benzene rings is 3. The molecule has 0 fully saturated rings. The van der Waals surface area contributed by atoms with Gasteiger partial charge in [-0.3, -0.25) is 0 Å². The number of nitrogens with one attached hydrogen (secondary N) is 1. The highest BCUT2D eigenvalue weighted by Gasteiger charge is 2.11. The molecule has 4 aromatic rings. The third-order valence-corrected chi connectivity index (χ3v) is 5.29. The summed E-state index contributed by atoms with van der Waals surface area (Å²) in [5, 5.41) is 17.2. The number of anilines is 1. The number of halogens is 1. The number of nitrogens with zero attached hydrogens (tertiary/aromatic N) is 2. The van der Waals surface area contributed by atoms with Gasteiger partial charge < -0.3 is 5.32 Å². The molecule has 0 aliphatic heterocycles. The predicted molar refractivity (Wildman–Crippen MR) is 113 cm³/mol. The van der Waals surface area contributed by atoms with E-state index >= 15 is 0 Å². The van der Waals surface area contributed by atoms with E-state index in [1.807, 2.05) is 36.6 Å². The molecule has 0 aliphatic rings. The second-order valence-corrected chi connectivity index (χ2v) is 7.22. The molecule has 0 radical (unpaired) electrons. The van der Waals surface area contributed by atoms with Gasteiger partial charge in [0.25, 0.3) is 0 Å². The molecule has 4 rings (SSSR count). The van der Waals surface area contributed by atoms with Crippen LogP contribution in [0.3, 0.4) is 0 Å². The molecule has 0 atom stereocenters. The van der Waals surface area contributed by atoms with Gasteiger partial charge in [0.15, 0.2) is 0 Å². The van der Waals surface area contributed by atoms with Crippen LogP contribution in [0.5, 0.6) is 0 Å². The number of aromatic nitrogens is 1. The van der Waals surface area contributed by atoms with E-state index in [2.05, 4.69) is 34.6 Å². The average molecular weight is 385 g/mol. The Bertz CT molecular complexity index is 1230. The molecule has 0 unspecified atom stereocenters. The van der Waals surface area contributed by atoms with Crippen LogP contribution >= 0.6 is 11.3 Å². The first-order valence-electron chi connectivity index (χ1n) is 8.73. The van der Waals surface area contributed by atoms with Crippen LogP contribution in [0.1, 0.15) is 10.6 Å². The third kappa shape index (κ3) is 3.51. The highest BCUT2D eigenvalue weighted by molar-refractivity contribution is 7.11. The van der Waals surface area contributed by atoms with Gasteiger partial charge in [-0.1, -0.05) is 48.5 Å². The zero-order valence-corrected chi connectivity index (χ0v) is 15.9. The zero-order valence-electron chi connectivity index (χ0n) is 15.1. The molecular formula is C23H16FN3S. The number of hydrogen-bond acceptors (Lipinski definition) is 4. The normalized spacial score (nSPS) is 11.4. The topological polar surface area (TPSA) is 48.7 Å². The van der Waals surface area contributed by atoms with Crippen molar-refractivity contribution in [2.75, 3.05) is 5.32 Å². The van der Waals surface area contributed by atoms with Gasteiger partial charge in [-0.15, -0.1) is 11.3 Å². The van der Waals surface area contributed by atoms with Crippen LogP contribution in [0.4, 0.5) is 10.1 Å². The third-order valence-electron chi connectivity index (χ3n) is 4.41. The largest absolute Gasteiger partial charge is 0.358 e. The van der Waals surface area contributed by atoms with Crippen molar-refractivity contribution in [2.24, 2.45) is 0 Å². The molecule has 0 amide bonds. The van der Waals surface area contributed by atoms with Crippen LogP contribution < -0.4 is 5.32 Å². The monoisotopic (exact) mass is 385 g/mol. The van der Waals surface area contributed by atoms with E-state index in [1.54, 1.807) is 12.1 Å². The van der Waals surface area contributed by atoms with Crippen LogP contribution in [-0.4, -0.2) is 4.98 Å². The molecule has 0 saturated heterocycles. The molecule has 1 heterocycles. The molecule has 0 bridgehead atoms. The molecule has 3 aromatic carbocycles. The van der Waals surface area contributed by atoms with Crippen LogP contribution in [0.25, 0.3) is 27.6 Å². The van der Waals surface area contributed by atoms with Gasteiger partial charge in [-0.2, -0.15) is 5.26 Å². The Morgan fingerprint density at radius 2 is 1.96 bits per heavy atom. The summed E-state index contributed by atoms with van der Waals surface area (Å²) in [6, 6.07) is 21.2. The maximum absolute atomic E-state index is 13.9. The van der Waals surface area contributed by atoms with Crippen molar-refractivity contribution in [1.29, 1.82) is 5.26 Å². The average Bonchev–Trinajstić information content (AvgIpc) is 3.20. The number of allylic oxidation sites excluding steroid dienone is 1. The van der Waals surface area contributed by atoms with Crippen molar-refractivity contribution < 1.29 is 4.39 Å². The number of nitriles is 1. The second kappa shape index (κ2) is 7.63. The minimum absolute atomic E-state index is 0.332. The summed E-state index contributed by atoms with van der Waals surface area (Å²) in [7, 11) is 0. The van der Waals surface area contributed by atoms with Crippen molar-refractivity contribution in [3.63, 3.8) is 0 Å². The van der Waals surface area contributed by atoms with Crippen molar-refractivity contribution in [2.45, 2.75) is 6.92 Å². The molecule has 0 aliphatic carbocycles. The summed E-state index contributed by atoms with van der Waals surface area (Å²) in [5.74, 6) is -0.366. The summed E-state index contributed by atoms with van der Waals surface area (Å²) in [5.41, 5.74) is 3.47. The lowest BCUT2D eigenvalue weighted by Crippen LogP contribution is -1.94. The first-order valence-corrected chi connectivity index (χ1v) is 9.60. The number of hydrogen-bond donors (Lipinski definition) is 1. The summed E-state index contributed by atoms with van der Waals surface area (Å²) < 4.78 is 13.9. The van der Waals surface area contributed by atoms with Gasteiger partial charge in [0.2, 0.25) is 0 Å². The number of thiazole rings is 1. The number of aryl methyl sites for hydroxylation is 1. The van der Waals surface area contributed by atoms with E-state index in [0.717, 1.165) is 27.6 Å². The first-order chi connectivity index (χ1) is 13.7. The Morgan fingerprint density at radius 3 is 2.82 bits per heavy atom. The van der Waals surface area contributed by atoms with Crippen LogP contribution in [0, 0.1) is 24.1 Å². The van der Waals surface area contributed by atoms with E-state index in [-0.39, 0.29) is 5.82 Å². The Hall–Kier alpha value is -3.49. The SMILES string of the molecule is Cc1ccc(F)c(N/C=C(\C#N)c2nc(-c3cccc4ccccc34)cs2)c1.